The van der Waals surface area contributed by atoms with Gasteiger partial charge in [0.25, 0.3) is 0 Å². The van der Waals surface area contributed by atoms with Crippen molar-refractivity contribution >= 4 is 29.3 Å². The lowest BCUT2D eigenvalue weighted by Gasteiger charge is -2.23. The summed E-state index contributed by atoms with van der Waals surface area (Å²) in [7, 11) is 0. The number of hydrogen-bond donors (Lipinski definition) is 2. The number of benzene rings is 1. The molecule has 2 N–H and O–H groups in total. The third-order valence-corrected chi connectivity index (χ3v) is 4.36. The lowest BCUT2D eigenvalue weighted by atomic mass is 9.89. The van der Waals surface area contributed by atoms with Crippen molar-refractivity contribution in [2.24, 2.45) is 5.92 Å². The van der Waals surface area contributed by atoms with E-state index in [0.29, 0.717) is 28.4 Å². The fourth-order valence-electron chi connectivity index (χ4n) is 2.61. The zero-order chi connectivity index (χ0) is 16.3. The summed E-state index contributed by atoms with van der Waals surface area (Å²) in [6.45, 7) is 7.82. The highest BCUT2D eigenvalue weighted by Crippen LogP contribution is 2.32. The minimum absolute atomic E-state index is 0.296. The molecular formula is C16H22Cl2N2O2. The summed E-state index contributed by atoms with van der Waals surface area (Å²) < 4.78 is 5.26. The summed E-state index contributed by atoms with van der Waals surface area (Å²) in [6, 6.07) is 5.71. The molecule has 2 atom stereocenters. The van der Waals surface area contributed by atoms with E-state index in [4.69, 9.17) is 27.9 Å². The van der Waals surface area contributed by atoms with E-state index in [2.05, 4.69) is 10.6 Å². The Morgan fingerprint density at radius 3 is 2.68 bits per heavy atom. The van der Waals surface area contributed by atoms with Gasteiger partial charge in [-0.25, -0.2) is 4.79 Å². The van der Waals surface area contributed by atoms with Crippen molar-refractivity contribution in [1.29, 1.82) is 0 Å². The number of carbonyl (C=O) groups is 1. The maximum absolute atomic E-state index is 11.8. The van der Waals surface area contributed by atoms with E-state index in [1.807, 2.05) is 39.0 Å². The summed E-state index contributed by atoms with van der Waals surface area (Å²) in [5.41, 5.74) is 0.650. The second-order valence-corrected chi connectivity index (χ2v) is 7.40. The van der Waals surface area contributed by atoms with Crippen molar-refractivity contribution in [3.05, 3.63) is 33.8 Å². The van der Waals surface area contributed by atoms with Gasteiger partial charge >= 0.3 is 6.09 Å². The quantitative estimate of drug-likeness (QED) is 0.876. The smallest absolute Gasteiger partial charge is 0.407 e. The molecule has 0 aliphatic carbocycles. The van der Waals surface area contributed by atoms with Crippen molar-refractivity contribution < 1.29 is 9.53 Å². The molecule has 4 nitrogen and oxygen atoms in total. The van der Waals surface area contributed by atoms with Gasteiger partial charge in [0, 0.05) is 25.6 Å². The highest BCUT2D eigenvalue weighted by molar-refractivity contribution is 6.42. The van der Waals surface area contributed by atoms with Gasteiger partial charge in [0.1, 0.15) is 5.60 Å². The lowest BCUT2D eigenvalue weighted by Crippen LogP contribution is -2.36. The van der Waals surface area contributed by atoms with Gasteiger partial charge in [-0.05, 0) is 44.4 Å². The first-order chi connectivity index (χ1) is 10.3. The topological polar surface area (TPSA) is 50.4 Å². The summed E-state index contributed by atoms with van der Waals surface area (Å²) in [6.07, 6.45) is -0.382. The van der Waals surface area contributed by atoms with Crippen LogP contribution in [-0.2, 0) is 4.74 Å². The third-order valence-electron chi connectivity index (χ3n) is 3.62. The molecule has 0 bridgehead atoms. The van der Waals surface area contributed by atoms with Crippen LogP contribution in [0.1, 0.15) is 32.3 Å². The summed E-state index contributed by atoms with van der Waals surface area (Å²) in [5, 5.41) is 7.32. The van der Waals surface area contributed by atoms with Gasteiger partial charge in [-0.2, -0.15) is 0 Å². The number of rotatable bonds is 3. The minimum atomic E-state index is -0.485. The van der Waals surface area contributed by atoms with Gasteiger partial charge in [0.15, 0.2) is 0 Å². The molecule has 122 valence electrons. The number of amides is 1. The Kier molecular flexibility index (Phi) is 5.59. The first kappa shape index (κ1) is 17.4. The Balaban J connectivity index is 1.96. The average molecular weight is 345 g/mol. The molecule has 1 aliphatic rings. The standard InChI is InChI=1S/C16H22Cl2N2O2/c1-16(2,3)22-15(21)20-8-11-7-19-9-12(11)10-4-5-13(17)14(18)6-10/h4-6,11-12,19H,7-9H2,1-3H3,(H,20,21)/t11-,12-/m0/s1. The molecule has 0 unspecified atom stereocenters. The Labute approximate surface area is 141 Å². The number of carbonyl (C=O) groups excluding carboxylic acids is 1. The number of ether oxygens (including phenoxy) is 1. The van der Waals surface area contributed by atoms with Crippen LogP contribution in [0, 0.1) is 5.92 Å². The molecule has 0 aromatic heterocycles. The van der Waals surface area contributed by atoms with Gasteiger partial charge in [-0.1, -0.05) is 29.3 Å². The van der Waals surface area contributed by atoms with Crippen LogP contribution >= 0.6 is 23.2 Å². The van der Waals surface area contributed by atoms with Gasteiger partial charge in [0.2, 0.25) is 0 Å². The van der Waals surface area contributed by atoms with E-state index in [9.17, 15) is 4.79 Å². The number of nitrogens with one attached hydrogen (secondary N) is 2. The molecule has 1 amide bonds. The molecular weight excluding hydrogens is 323 g/mol. The van der Waals surface area contributed by atoms with Crippen molar-refractivity contribution in [2.75, 3.05) is 19.6 Å². The number of alkyl carbamates (subject to hydrolysis) is 1. The van der Waals surface area contributed by atoms with Crippen LogP contribution in [0.2, 0.25) is 10.0 Å². The Bertz CT molecular complexity index is 543. The van der Waals surface area contributed by atoms with E-state index in [1.54, 1.807) is 0 Å². The number of hydrogen-bond acceptors (Lipinski definition) is 3. The third kappa shape index (κ3) is 4.77. The van der Waals surface area contributed by atoms with E-state index < -0.39 is 5.60 Å². The summed E-state index contributed by atoms with van der Waals surface area (Å²) in [5.74, 6) is 0.592. The molecule has 1 aromatic rings. The van der Waals surface area contributed by atoms with Crippen molar-refractivity contribution in [3.8, 4) is 0 Å². The molecule has 0 radical (unpaired) electrons. The van der Waals surface area contributed by atoms with E-state index in [0.717, 1.165) is 18.7 Å². The zero-order valence-electron chi connectivity index (χ0n) is 13.1. The first-order valence-corrected chi connectivity index (χ1v) is 8.14. The molecule has 1 aromatic carbocycles. The maximum Gasteiger partial charge on any atom is 0.407 e. The van der Waals surface area contributed by atoms with Crippen LogP contribution in [0.4, 0.5) is 4.79 Å². The van der Waals surface area contributed by atoms with Crippen LogP contribution in [0.25, 0.3) is 0 Å². The predicted molar refractivity (Wildman–Crippen MR) is 89.8 cm³/mol. The largest absolute Gasteiger partial charge is 0.444 e. The normalized spacial score (nSPS) is 21.7. The highest BCUT2D eigenvalue weighted by Gasteiger charge is 2.29. The van der Waals surface area contributed by atoms with Crippen LogP contribution in [0.15, 0.2) is 18.2 Å². The fourth-order valence-corrected chi connectivity index (χ4v) is 2.92. The lowest BCUT2D eigenvalue weighted by molar-refractivity contribution is 0.0519. The molecule has 0 saturated carbocycles. The first-order valence-electron chi connectivity index (χ1n) is 7.39. The number of halogens is 2. The van der Waals surface area contributed by atoms with Gasteiger partial charge < -0.3 is 15.4 Å². The van der Waals surface area contributed by atoms with E-state index in [1.165, 1.54) is 0 Å². The minimum Gasteiger partial charge on any atom is -0.444 e. The molecule has 22 heavy (non-hydrogen) atoms. The van der Waals surface area contributed by atoms with Crippen molar-refractivity contribution in [3.63, 3.8) is 0 Å². The highest BCUT2D eigenvalue weighted by atomic mass is 35.5. The monoisotopic (exact) mass is 344 g/mol. The average Bonchev–Trinajstić information content (AvgIpc) is 2.86. The van der Waals surface area contributed by atoms with Gasteiger partial charge in [0.05, 0.1) is 10.0 Å². The van der Waals surface area contributed by atoms with Gasteiger partial charge in [-0.3, -0.25) is 0 Å². The zero-order valence-corrected chi connectivity index (χ0v) is 14.6. The second kappa shape index (κ2) is 7.07. The molecule has 1 fully saturated rings. The van der Waals surface area contributed by atoms with E-state index >= 15 is 0 Å². The van der Waals surface area contributed by atoms with Crippen LogP contribution in [-0.4, -0.2) is 31.3 Å². The van der Waals surface area contributed by atoms with Crippen LogP contribution in [0.3, 0.4) is 0 Å². The molecule has 1 saturated heterocycles. The predicted octanol–water partition coefficient (Wildman–Crippen LogP) is 3.82. The van der Waals surface area contributed by atoms with E-state index in [-0.39, 0.29) is 6.09 Å². The molecule has 1 heterocycles. The Morgan fingerprint density at radius 2 is 2.05 bits per heavy atom. The van der Waals surface area contributed by atoms with Crippen molar-refractivity contribution in [1.82, 2.24) is 10.6 Å². The molecule has 1 aliphatic heterocycles. The van der Waals surface area contributed by atoms with Crippen molar-refractivity contribution in [2.45, 2.75) is 32.3 Å². The fraction of sp³-hybridized carbons (Fsp3) is 0.562. The van der Waals surface area contributed by atoms with Crippen LogP contribution in [0.5, 0.6) is 0 Å². The second-order valence-electron chi connectivity index (χ2n) is 6.58. The van der Waals surface area contributed by atoms with Crippen LogP contribution < -0.4 is 10.6 Å². The van der Waals surface area contributed by atoms with Gasteiger partial charge in [-0.15, -0.1) is 0 Å². The molecule has 6 heteroatoms. The Hall–Kier alpha value is -0.970. The summed E-state index contributed by atoms with van der Waals surface area (Å²) >= 11 is 12.1. The molecule has 2 rings (SSSR count). The Morgan fingerprint density at radius 1 is 1.32 bits per heavy atom. The maximum atomic E-state index is 11.8. The summed E-state index contributed by atoms with van der Waals surface area (Å²) in [4.78, 5) is 11.8. The SMILES string of the molecule is CC(C)(C)OC(=O)NC[C@@H]1CNC[C@H]1c1ccc(Cl)c(Cl)c1. The molecule has 0 spiro atoms.